The summed E-state index contributed by atoms with van der Waals surface area (Å²) in [6.45, 7) is 5.58. The largest absolute Gasteiger partial charge is 0.377 e. The maximum Gasteiger partial charge on any atom is 0.137 e. The van der Waals surface area contributed by atoms with E-state index in [0.29, 0.717) is 10.6 Å². The third kappa shape index (κ3) is 3.53. The molecule has 4 heteroatoms. The standard InChI is InChI=1S/C14H19BrFNO/c1-2-18-12-6-4-8-17(10-12)9-11-5-3-7-13(16)14(11)15/h3,5,7,12H,2,4,6,8-10H2,1H3. The molecular weight excluding hydrogens is 297 g/mol. The molecule has 0 saturated carbocycles. The van der Waals surface area contributed by atoms with Crippen LogP contribution >= 0.6 is 15.9 Å². The van der Waals surface area contributed by atoms with Crippen molar-refractivity contribution < 1.29 is 9.13 Å². The van der Waals surface area contributed by atoms with E-state index in [0.717, 1.165) is 44.6 Å². The van der Waals surface area contributed by atoms with Crippen molar-refractivity contribution >= 4 is 15.9 Å². The summed E-state index contributed by atoms with van der Waals surface area (Å²) in [5.74, 6) is -0.189. The molecule has 1 aromatic rings. The normalized spacial score (nSPS) is 21.2. The Hall–Kier alpha value is -0.450. The number of nitrogens with zero attached hydrogens (tertiary/aromatic N) is 1. The molecular formula is C14H19BrFNO. The van der Waals surface area contributed by atoms with Gasteiger partial charge in [-0.1, -0.05) is 12.1 Å². The molecule has 1 fully saturated rings. The van der Waals surface area contributed by atoms with Crippen LogP contribution in [0.1, 0.15) is 25.3 Å². The van der Waals surface area contributed by atoms with E-state index in [9.17, 15) is 4.39 Å². The van der Waals surface area contributed by atoms with E-state index >= 15 is 0 Å². The molecule has 2 rings (SSSR count). The Bertz CT molecular complexity index is 397. The monoisotopic (exact) mass is 315 g/mol. The summed E-state index contributed by atoms with van der Waals surface area (Å²) < 4.78 is 19.7. The first-order valence-corrected chi connectivity index (χ1v) is 7.27. The first kappa shape index (κ1) is 14.0. The summed E-state index contributed by atoms with van der Waals surface area (Å²) in [6, 6.07) is 5.21. The van der Waals surface area contributed by atoms with Crippen molar-refractivity contribution in [3.63, 3.8) is 0 Å². The first-order valence-electron chi connectivity index (χ1n) is 6.47. The van der Waals surface area contributed by atoms with Crippen molar-refractivity contribution in [1.29, 1.82) is 0 Å². The highest BCUT2D eigenvalue weighted by molar-refractivity contribution is 9.10. The molecule has 0 N–H and O–H groups in total. The summed E-state index contributed by atoms with van der Waals surface area (Å²) in [5.41, 5.74) is 1.01. The molecule has 1 unspecified atom stereocenters. The van der Waals surface area contributed by atoms with Crippen LogP contribution in [0.4, 0.5) is 4.39 Å². The lowest BCUT2D eigenvalue weighted by atomic mass is 10.1. The van der Waals surface area contributed by atoms with E-state index in [4.69, 9.17) is 4.74 Å². The summed E-state index contributed by atoms with van der Waals surface area (Å²) in [7, 11) is 0. The fourth-order valence-electron chi connectivity index (χ4n) is 2.44. The quantitative estimate of drug-likeness (QED) is 0.842. The van der Waals surface area contributed by atoms with E-state index < -0.39 is 0 Å². The van der Waals surface area contributed by atoms with E-state index in [1.54, 1.807) is 6.07 Å². The van der Waals surface area contributed by atoms with Gasteiger partial charge in [-0.2, -0.15) is 0 Å². The fraction of sp³-hybridized carbons (Fsp3) is 0.571. The predicted molar refractivity (Wildman–Crippen MR) is 74.0 cm³/mol. The summed E-state index contributed by atoms with van der Waals surface area (Å²) in [5, 5.41) is 0. The second-order valence-corrected chi connectivity index (χ2v) is 5.46. The average molecular weight is 316 g/mol. The highest BCUT2D eigenvalue weighted by atomic mass is 79.9. The van der Waals surface area contributed by atoms with Gasteiger partial charge in [0, 0.05) is 19.7 Å². The number of hydrogen-bond donors (Lipinski definition) is 0. The molecule has 100 valence electrons. The van der Waals surface area contributed by atoms with E-state index in [1.807, 2.05) is 13.0 Å². The molecule has 0 amide bonds. The van der Waals surface area contributed by atoms with Gasteiger partial charge in [-0.15, -0.1) is 0 Å². The van der Waals surface area contributed by atoms with E-state index in [-0.39, 0.29) is 5.82 Å². The van der Waals surface area contributed by atoms with Gasteiger partial charge in [-0.3, -0.25) is 4.90 Å². The van der Waals surface area contributed by atoms with Crippen LogP contribution in [0.25, 0.3) is 0 Å². The zero-order valence-electron chi connectivity index (χ0n) is 10.7. The van der Waals surface area contributed by atoms with Crippen LogP contribution in [-0.2, 0) is 11.3 Å². The molecule has 0 spiro atoms. The molecule has 0 aliphatic carbocycles. The predicted octanol–water partition coefficient (Wildman–Crippen LogP) is 3.59. The van der Waals surface area contributed by atoms with Crippen molar-refractivity contribution in [2.24, 2.45) is 0 Å². The fourth-order valence-corrected chi connectivity index (χ4v) is 2.83. The van der Waals surface area contributed by atoms with Gasteiger partial charge in [0.2, 0.25) is 0 Å². The highest BCUT2D eigenvalue weighted by Crippen LogP contribution is 2.23. The number of piperidine rings is 1. The topological polar surface area (TPSA) is 12.5 Å². The zero-order valence-corrected chi connectivity index (χ0v) is 12.2. The molecule has 2 nitrogen and oxygen atoms in total. The maximum atomic E-state index is 13.4. The summed E-state index contributed by atoms with van der Waals surface area (Å²) in [4.78, 5) is 2.34. The Morgan fingerprint density at radius 1 is 1.50 bits per heavy atom. The average Bonchev–Trinajstić information content (AvgIpc) is 2.36. The van der Waals surface area contributed by atoms with Crippen LogP contribution in [0, 0.1) is 5.82 Å². The van der Waals surface area contributed by atoms with Crippen molar-refractivity contribution in [1.82, 2.24) is 4.90 Å². The number of hydrogen-bond acceptors (Lipinski definition) is 2. The maximum absolute atomic E-state index is 13.4. The molecule has 1 aliphatic rings. The van der Waals surface area contributed by atoms with Gasteiger partial charge in [0.1, 0.15) is 5.82 Å². The van der Waals surface area contributed by atoms with Crippen molar-refractivity contribution in [2.75, 3.05) is 19.7 Å². The minimum atomic E-state index is -0.189. The minimum absolute atomic E-state index is 0.189. The number of halogens is 2. The molecule has 0 aromatic heterocycles. The van der Waals surface area contributed by atoms with Gasteiger partial charge in [0.05, 0.1) is 10.6 Å². The van der Waals surface area contributed by atoms with Gasteiger partial charge < -0.3 is 4.74 Å². The van der Waals surface area contributed by atoms with E-state index in [1.165, 1.54) is 6.07 Å². The lowest BCUT2D eigenvalue weighted by molar-refractivity contribution is 0.00356. The zero-order chi connectivity index (χ0) is 13.0. The minimum Gasteiger partial charge on any atom is -0.377 e. The molecule has 0 radical (unpaired) electrons. The Kier molecular flexibility index (Phi) is 5.15. The smallest absolute Gasteiger partial charge is 0.137 e. The molecule has 1 saturated heterocycles. The third-order valence-corrected chi connectivity index (χ3v) is 4.18. The van der Waals surface area contributed by atoms with E-state index in [2.05, 4.69) is 20.8 Å². The van der Waals surface area contributed by atoms with Gasteiger partial charge in [0.15, 0.2) is 0 Å². The van der Waals surface area contributed by atoms with Gasteiger partial charge in [0.25, 0.3) is 0 Å². The molecule has 1 heterocycles. The van der Waals surface area contributed by atoms with Crippen molar-refractivity contribution in [2.45, 2.75) is 32.4 Å². The summed E-state index contributed by atoms with van der Waals surface area (Å²) >= 11 is 3.32. The number of benzene rings is 1. The Balaban J connectivity index is 1.98. The van der Waals surface area contributed by atoms with Crippen molar-refractivity contribution in [3.8, 4) is 0 Å². The highest BCUT2D eigenvalue weighted by Gasteiger charge is 2.20. The van der Waals surface area contributed by atoms with Gasteiger partial charge in [-0.25, -0.2) is 4.39 Å². The van der Waals surface area contributed by atoms with Crippen LogP contribution in [0.15, 0.2) is 22.7 Å². The van der Waals surface area contributed by atoms with Crippen LogP contribution in [0.2, 0.25) is 0 Å². The van der Waals surface area contributed by atoms with Gasteiger partial charge in [-0.05, 0) is 53.9 Å². The molecule has 18 heavy (non-hydrogen) atoms. The third-order valence-electron chi connectivity index (χ3n) is 3.29. The Labute approximate surface area is 116 Å². The molecule has 1 atom stereocenters. The van der Waals surface area contributed by atoms with Crippen molar-refractivity contribution in [3.05, 3.63) is 34.1 Å². The van der Waals surface area contributed by atoms with Crippen LogP contribution in [0.5, 0.6) is 0 Å². The summed E-state index contributed by atoms with van der Waals surface area (Å²) in [6.07, 6.45) is 2.61. The molecule has 0 bridgehead atoms. The molecule has 1 aliphatic heterocycles. The second kappa shape index (κ2) is 6.64. The second-order valence-electron chi connectivity index (χ2n) is 4.67. The lowest BCUT2D eigenvalue weighted by Gasteiger charge is -2.32. The van der Waals surface area contributed by atoms with Crippen LogP contribution < -0.4 is 0 Å². The lowest BCUT2D eigenvalue weighted by Crippen LogP contribution is -2.39. The molecule has 1 aromatic carbocycles. The van der Waals surface area contributed by atoms with Gasteiger partial charge >= 0.3 is 0 Å². The number of rotatable bonds is 4. The first-order chi connectivity index (χ1) is 8.70. The Morgan fingerprint density at radius 2 is 2.33 bits per heavy atom. The number of likely N-dealkylation sites (tertiary alicyclic amines) is 1. The Morgan fingerprint density at radius 3 is 3.11 bits per heavy atom. The number of ether oxygens (including phenoxy) is 1. The van der Waals surface area contributed by atoms with Crippen LogP contribution in [0.3, 0.4) is 0 Å². The van der Waals surface area contributed by atoms with Crippen LogP contribution in [-0.4, -0.2) is 30.7 Å². The SMILES string of the molecule is CCOC1CCCN(Cc2cccc(F)c2Br)C1.